The van der Waals surface area contributed by atoms with Crippen LogP contribution in [0.1, 0.15) is 10.4 Å². The molecule has 30 heavy (non-hydrogen) atoms. The van der Waals surface area contributed by atoms with Crippen LogP contribution < -0.4 is 9.62 Å². The number of benzene rings is 3. The largest absolute Gasteiger partial charge is 0.322 e. The Kier molecular flexibility index (Phi) is 5.19. The van der Waals surface area contributed by atoms with Crippen molar-refractivity contribution in [3.63, 3.8) is 0 Å². The maximum absolute atomic E-state index is 13.0. The molecule has 1 heterocycles. The Morgan fingerprint density at radius 2 is 1.87 bits per heavy atom. The number of nitrogens with one attached hydrogen (secondary N) is 2. The second-order valence-corrected chi connectivity index (χ2v) is 9.01. The van der Waals surface area contributed by atoms with Crippen LogP contribution in [0.15, 0.2) is 77.8 Å². The molecule has 0 spiro atoms. The average molecular weight is 441 g/mol. The van der Waals surface area contributed by atoms with Crippen LogP contribution in [-0.2, 0) is 10.0 Å². The third-order valence-electron chi connectivity index (χ3n) is 4.62. The second-order valence-electron chi connectivity index (χ2n) is 6.61. The molecule has 1 aromatic heterocycles. The number of rotatable bonds is 5. The molecule has 0 saturated carbocycles. The summed E-state index contributed by atoms with van der Waals surface area (Å²) in [5, 5.41) is 10.9. The van der Waals surface area contributed by atoms with Crippen molar-refractivity contribution in [3.05, 3.63) is 83.5 Å². The van der Waals surface area contributed by atoms with E-state index < -0.39 is 15.9 Å². The number of halogens is 1. The maximum Gasteiger partial charge on any atom is 0.264 e. The van der Waals surface area contributed by atoms with Crippen molar-refractivity contribution in [2.75, 3.05) is 16.7 Å². The Bertz CT molecular complexity index is 1350. The number of sulfonamides is 1. The minimum Gasteiger partial charge on any atom is -0.322 e. The molecule has 0 unspecified atom stereocenters. The number of amides is 1. The smallest absolute Gasteiger partial charge is 0.264 e. The Labute approximate surface area is 178 Å². The Hall–Kier alpha value is -3.36. The van der Waals surface area contributed by atoms with Gasteiger partial charge in [0.05, 0.1) is 22.3 Å². The molecule has 0 fully saturated rings. The number of hydrogen-bond acceptors (Lipinski definition) is 4. The highest BCUT2D eigenvalue weighted by Crippen LogP contribution is 2.25. The summed E-state index contributed by atoms with van der Waals surface area (Å²) in [5.41, 5.74) is 2.08. The van der Waals surface area contributed by atoms with Gasteiger partial charge in [0.2, 0.25) is 0 Å². The lowest BCUT2D eigenvalue weighted by atomic mass is 10.2. The topological polar surface area (TPSA) is 95.2 Å². The Balaban J connectivity index is 1.60. The summed E-state index contributed by atoms with van der Waals surface area (Å²) < 4.78 is 27.2. The van der Waals surface area contributed by atoms with E-state index in [0.29, 0.717) is 16.4 Å². The van der Waals surface area contributed by atoms with Gasteiger partial charge in [0, 0.05) is 28.7 Å². The average Bonchev–Trinajstić information content (AvgIpc) is 3.21. The van der Waals surface area contributed by atoms with Gasteiger partial charge in [-0.05, 0) is 54.6 Å². The first kappa shape index (κ1) is 19.9. The Morgan fingerprint density at radius 3 is 2.67 bits per heavy atom. The summed E-state index contributed by atoms with van der Waals surface area (Å²) in [7, 11) is -2.44. The maximum atomic E-state index is 13.0. The summed E-state index contributed by atoms with van der Waals surface area (Å²) in [5.74, 6) is -0.416. The van der Waals surface area contributed by atoms with Gasteiger partial charge in [-0.25, -0.2) is 8.42 Å². The minimum atomic E-state index is -3.88. The monoisotopic (exact) mass is 440 g/mol. The van der Waals surface area contributed by atoms with Crippen LogP contribution in [0.25, 0.3) is 10.9 Å². The van der Waals surface area contributed by atoms with E-state index >= 15 is 0 Å². The van der Waals surface area contributed by atoms with Crippen molar-refractivity contribution in [3.8, 4) is 0 Å². The number of anilines is 2. The molecular formula is C21H17ClN4O3S. The molecule has 2 N–H and O–H groups in total. The number of aromatic amines is 1. The van der Waals surface area contributed by atoms with E-state index in [4.69, 9.17) is 11.6 Å². The van der Waals surface area contributed by atoms with Crippen LogP contribution in [0, 0.1) is 0 Å². The van der Waals surface area contributed by atoms with Gasteiger partial charge >= 0.3 is 0 Å². The van der Waals surface area contributed by atoms with Crippen molar-refractivity contribution >= 4 is 49.8 Å². The number of carbonyl (C=O) groups excluding carboxylic acids is 1. The van der Waals surface area contributed by atoms with Crippen molar-refractivity contribution in [2.24, 2.45) is 0 Å². The van der Waals surface area contributed by atoms with Gasteiger partial charge in [0.1, 0.15) is 0 Å². The van der Waals surface area contributed by atoms with Crippen LogP contribution in [0.5, 0.6) is 0 Å². The molecule has 3 aromatic carbocycles. The third kappa shape index (κ3) is 3.87. The lowest BCUT2D eigenvalue weighted by Crippen LogP contribution is -2.26. The van der Waals surface area contributed by atoms with E-state index in [1.807, 2.05) is 0 Å². The van der Waals surface area contributed by atoms with E-state index in [2.05, 4.69) is 15.5 Å². The highest BCUT2D eigenvalue weighted by atomic mass is 35.5. The van der Waals surface area contributed by atoms with Gasteiger partial charge in [0.15, 0.2) is 0 Å². The SMILES string of the molecule is CN(c1cccc(Cl)c1)S(=O)(=O)c1cccc(C(=O)Nc2ccc3[nH]ncc3c2)c1. The molecule has 4 aromatic rings. The van der Waals surface area contributed by atoms with Crippen LogP contribution in [0.2, 0.25) is 5.02 Å². The molecule has 0 bridgehead atoms. The lowest BCUT2D eigenvalue weighted by molar-refractivity contribution is 0.102. The first-order valence-corrected chi connectivity index (χ1v) is 10.8. The predicted molar refractivity (Wildman–Crippen MR) is 118 cm³/mol. The number of nitrogens with zero attached hydrogens (tertiary/aromatic N) is 2. The molecule has 1 amide bonds. The van der Waals surface area contributed by atoms with Crippen LogP contribution >= 0.6 is 11.6 Å². The standard InChI is InChI=1S/C21H17ClN4O3S/c1-26(18-6-3-5-16(22)12-18)30(28,29)19-7-2-4-14(11-19)21(27)24-17-8-9-20-15(10-17)13-23-25-20/h2-13H,1H3,(H,23,25)(H,24,27). The van der Waals surface area contributed by atoms with Gasteiger partial charge in [0.25, 0.3) is 15.9 Å². The third-order valence-corrected chi connectivity index (χ3v) is 6.64. The van der Waals surface area contributed by atoms with E-state index in [-0.39, 0.29) is 10.5 Å². The first-order valence-electron chi connectivity index (χ1n) is 8.94. The molecule has 9 heteroatoms. The molecule has 152 valence electrons. The highest BCUT2D eigenvalue weighted by molar-refractivity contribution is 7.92. The molecule has 0 atom stereocenters. The summed E-state index contributed by atoms with van der Waals surface area (Å²) in [6, 6.07) is 17.8. The second kappa shape index (κ2) is 7.81. The van der Waals surface area contributed by atoms with Crippen molar-refractivity contribution in [1.82, 2.24) is 10.2 Å². The molecule has 7 nitrogen and oxygen atoms in total. The summed E-state index contributed by atoms with van der Waals surface area (Å²) in [4.78, 5) is 12.7. The number of H-pyrrole nitrogens is 1. The van der Waals surface area contributed by atoms with Gasteiger partial charge in [-0.3, -0.25) is 14.2 Å². The predicted octanol–water partition coefficient (Wildman–Crippen LogP) is 4.29. The van der Waals surface area contributed by atoms with E-state index in [1.54, 1.807) is 54.7 Å². The zero-order valence-electron chi connectivity index (χ0n) is 15.8. The summed E-state index contributed by atoms with van der Waals surface area (Å²) in [6.45, 7) is 0. The van der Waals surface area contributed by atoms with Crippen LogP contribution in [-0.4, -0.2) is 31.6 Å². The van der Waals surface area contributed by atoms with Crippen LogP contribution in [0.3, 0.4) is 0 Å². The fraction of sp³-hybridized carbons (Fsp3) is 0.0476. The van der Waals surface area contributed by atoms with Crippen molar-refractivity contribution < 1.29 is 13.2 Å². The molecule has 0 radical (unpaired) electrons. The Morgan fingerprint density at radius 1 is 1.07 bits per heavy atom. The molecule has 0 aliphatic heterocycles. The fourth-order valence-electron chi connectivity index (χ4n) is 2.99. The number of aromatic nitrogens is 2. The van der Waals surface area contributed by atoms with Gasteiger partial charge in [-0.2, -0.15) is 5.10 Å². The number of carbonyl (C=O) groups is 1. The molecule has 4 rings (SSSR count). The van der Waals surface area contributed by atoms with Gasteiger partial charge in [-0.15, -0.1) is 0 Å². The fourth-order valence-corrected chi connectivity index (χ4v) is 4.41. The van der Waals surface area contributed by atoms with Gasteiger partial charge < -0.3 is 5.32 Å². The van der Waals surface area contributed by atoms with Crippen molar-refractivity contribution in [1.29, 1.82) is 0 Å². The molecule has 0 aliphatic carbocycles. The minimum absolute atomic E-state index is 0.00270. The number of hydrogen-bond donors (Lipinski definition) is 2. The van der Waals surface area contributed by atoms with E-state index in [9.17, 15) is 13.2 Å². The summed E-state index contributed by atoms with van der Waals surface area (Å²) in [6.07, 6.45) is 1.66. The highest BCUT2D eigenvalue weighted by Gasteiger charge is 2.22. The molecule has 0 aliphatic rings. The zero-order chi connectivity index (χ0) is 21.3. The van der Waals surface area contributed by atoms with E-state index in [0.717, 1.165) is 15.2 Å². The quantitative estimate of drug-likeness (QED) is 0.483. The summed E-state index contributed by atoms with van der Waals surface area (Å²) >= 11 is 5.98. The van der Waals surface area contributed by atoms with Crippen LogP contribution in [0.4, 0.5) is 11.4 Å². The molecule has 0 saturated heterocycles. The number of fused-ring (bicyclic) bond motifs is 1. The first-order chi connectivity index (χ1) is 14.3. The van der Waals surface area contributed by atoms with Crippen molar-refractivity contribution in [2.45, 2.75) is 4.90 Å². The molecular weight excluding hydrogens is 424 g/mol. The zero-order valence-corrected chi connectivity index (χ0v) is 17.4. The van der Waals surface area contributed by atoms with E-state index in [1.165, 1.54) is 25.2 Å². The normalized spacial score (nSPS) is 11.4. The van der Waals surface area contributed by atoms with Gasteiger partial charge in [-0.1, -0.05) is 23.7 Å². The lowest BCUT2D eigenvalue weighted by Gasteiger charge is -2.20.